The van der Waals surface area contributed by atoms with Gasteiger partial charge in [0.1, 0.15) is 5.69 Å². The van der Waals surface area contributed by atoms with E-state index in [1.54, 1.807) is 6.07 Å². The summed E-state index contributed by atoms with van der Waals surface area (Å²) < 4.78 is 4.81. The highest BCUT2D eigenvalue weighted by atomic mass is 16.5. The molecule has 0 spiro atoms. The quantitative estimate of drug-likeness (QED) is 0.654. The van der Waals surface area contributed by atoms with Crippen molar-refractivity contribution in [1.82, 2.24) is 10.2 Å². The van der Waals surface area contributed by atoms with Crippen LogP contribution in [0.3, 0.4) is 0 Å². The summed E-state index contributed by atoms with van der Waals surface area (Å²) in [5.41, 5.74) is 1.14. The van der Waals surface area contributed by atoms with Gasteiger partial charge in [-0.15, -0.1) is 0 Å². The van der Waals surface area contributed by atoms with Crippen molar-refractivity contribution in [3.63, 3.8) is 0 Å². The number of aromatic amines is 1. The number of esters is 1. The summed E-state index contributed by atoms with van der Waals surface area (Å²) in [7, 11) is 0. The number of benzene rings is 1. The van der Waals surface area contributed by atoms with Crippen LogP contribution in [0, 0.1) is 0 Å². The molecule has 0 amide bonds. The Balaban J connectivity index is 2.12. The monoisotopic (exact) mass is 246 g/mol. The van der Waals surface area contributed by atoms with Crippen LogP contribution in [-0.4, -0.2) is 22.8 Å². The highest BCUT2D eigenvalue weighted by molar-refractivity contribution is 5.77. The van der Waals surface area contributed by atoms with Crippen LogP contribution in [0.25, 0.3) is 10.9 Å². The Kier molecular flexibility index (Phi) is 3.72. The van der Waals surface area contributed by atoms with Gasteiger partial charge in [-0.2, -0.15) is 5.10 Å². The molecule has 0 radical (unpaired) electrons. The van der Waals surface area contributed by atoms with Crippen molar-refractivity contribution in [3.8, 4) is 0 Å². The summed E-state index contributed by atoms with van der Waals surface area (Å²) in [6.45, 7) is 1.67. The van der Waals surface area contributed by atoms with Gasteiger partial charge in [0.2, 0.25) is 5.43 Å². The van der Waals surface area contributed by atoms with Crippen molar-refractivity contribution in [2.24, 2.45) is 0 Å². The predicted octanol–water partition coefficient (Wildman–Crippen LogP) is 1.42. The highest BCUT2D eigenvalue weighted by Crippen LogP contribution is 2.06. The second kappa shape index (κ2) is 5.44. The molecule has 0 saturated carbocycles. The van der Waals surface area contributed by atoms with E-state index in [0.29, 0.717) is 30.5 Å². The maximum Gasteiger partial charge on any atom is 0.302 e. The number of hydrogen-bond acceptors (Lipinski definition) is 4. The number of rotatable bonds is 4. The molecule has 1 aromatic carbocycles. The maximum atomic E-state index is 12.1. The minimum Gasteiger partial charge on any atom is -0.466 e. The molecule has 2 rings (SSSR count). The lowest BCUT2D eigenvalue weighted by Crippen LogP contribution is -2.14. The number of H-pyrrole nitrogens is 1. The lowest BCUT2D eigenvalue weighted by atomic mass is 10.1. The van der Waals surface area contributed by atoms with E-state index in [1.165, 1.54) is 6.92 Å². The van der Waals surface area contributed by atoms with Crippen LogP contribution in [0.5, 0.6) is 0 Å². The van der Waals surface area contributed by atoms with Crippen LogP contribution >= 0.6 is 0 Å². The molecule has 0 bridgehead atoms. The van der Waals surface area contributed by atoms with Crippen molar-refractivity contribution in [1.29, 1.82) is 0 Å². The topological polar surface area (TPSA) is 72.0 Å². The lowest BCUT2D eigenvalue weighted by molar-refractivity contribution is -0.141. The number of carbonyl (C=O) groups excluding carboxylic acids is 1. The number of aryl methyl sites for hydroxylation is 1. The Morgan fingerprint density at radius 3 is 2.94 bits per heavy atom. The zero-order chi connectivity index (χ0) is 13.0. The normalized spacial score (nSPS) is 10.5. The van der Waals surface area contributed by atoms with Crippen LogP contribution in [0.15, 0.2) is 29.1 Å². The average Bonchev–Trinajstić information content (AvgIpc) is 2.37. The third kappa shape index (κ3) is 2.74. The molecule has 0 aliphatic rings. The summed E-state index contributed by atoms with van der Waals surface area (Å²) in [6.07, 6.45) is 1.08. The Morgan fingerprint density at radius 1 is 1.39 bits per heavy atom. The molecular formula is C13H14N2O3. The van der Waals surface area contributed by atoms with Crippen LogP contribution in [-0.2, 0) is 16.0 Å². The van der Waals surface area contributed by atoms with Gasteiger partial charge in [0.25, 0.3) is 0 Å². The molecule has 5 nitrogen and oxygen atoms in total. The van der Waals surface area contributed by atoms with E-state index in [1.807, 2.05) is 18.2 Å². The van der Waals surface area contributed by atoms with Gasteiger partial charge in [0, 0.05) is 12.3 Å². The fourth-order valence-electron chi connectivity index (χ4n) is 1.74. The Bertz CT molecular complexity index is 619. The third-order valence-corrected chi connectivity index (χ3v) is 2.61. The first kappa shape index (κ1) is 12.3. The van der Waals surface area contributed by atoms with Gasteiger partial charge in [-0.25, -0.2) is 0 Å². The number of aromatic nitrogens is 2. The molecule has 1 aromatic heterocycles. The van der Waals surface area contributed by atoms with Gasteiger partial charge in [-0.05, 0) is 25.0 Å². The van der Waals surface area contributed by atoms with Gasteiger partial charge in [0.05, 0.1) is 12.1 Å². The number of nitrogens with one attached hydrogen (secondary N) is 1. The second-order valence-corrected chi connectivity index (χ2v) is 3.99. The van der Waals surface area contributed by atoms with Crippen LogP contribution in [0.2, 0.25) is 0 Å². The first-order valence-corrected chi connectivity index (χ1v) is 5.78. The smallest absolute Gasteiger partial charge is 0.302 e. The molecule has 0 aliphatic heterocycles. The molecule has 1 heterocycles. The van der Waals surface area contributed by atoms with E-state index >= 15 is 0 Å². The zero-order valence-electron chi connectivity index (χ0n) is 10.1. The van der Waals surface area contributed by atoms with E-state index < -0.39 is 0 Å². The second-order valence-electron chi connectivity index (χ2n) is 3.99. The fourth-order valence-corrected chi connectivity index (χ4v) is 1.74. The minimum atomic E-state index is -0.310. The molecule has 0 atom stereocenters. The average molecular weight is 246 g/mol. The fraction of sp³-hybridized carbons (Fsp3) is 0.308. The van der Waals surface area contributed by atoms with Crippen LogP contribution in [0.4, 0.5) is 0 Å². The Labute approximate surface area is 104 Å². The predicted molar refractivity (Wildman–Crippen MR) is 67.3 cm³/mol. The summed E-state index contributed by atoms with van der Waals surface area (Å²) in [5.74, 6) is -0.310. The van der Waals surface area contributed by atoms with Crippen LogP contribution < -0.4 is 5.43 Å². The largest absolute Gasteiger partial charge is 0.466 e. The number of nitrogens with zero attached hydrogens (tertiary/aromatic N) is 1. The van der Waals surface area contributed by atoms with Gasteiger partial charge in [0.15, 0.2) is 0 Å². The molecule has 5 heteroatoms. The number of carbonyl (C=O) groups is 1. The van der Waals surface area contributed by atoms with Crippen LogP contribution in [0.1, 0.15) is 19.0 Å². The number of para-hydroxylation sites is 1. The van der Waals surface area contributed by atoms with Crippen molar-refractivity contribution < 1.29 is 9.53 Å². The van der Waals surface area contributed by atoms with Crippen molar-refractivity contribution in [3.05, 3.63) is 40.2 Å². The summed E-state index contributed by atoms with van der Waals surface area (Å²) in [5, 5.41) is 7.53. The Morgan fingerprint density at radius 2 is 2.17 bits per heavy atom. The van der Waals surface area contributed by atoms with Crippen molar-refractivity contribution >= 4 is 16.9 Å². The lowest BCUT2D eigenvalue weighted by Gasteiger charge is -2.03. The first-order valence-electron chi connectivity index (χ1n) is 5.78. The van der Waals surface area contributed by atoms with E-state index in [-0.39, 0.29) is 11.4 Å². The molecular weight excluding hydrogens is 232 g/mol. The first-order chi connectivity index (χ1) is 8.68. The molecule has 2 aromatic rings. The zero-order valence-corrected chi connectivity index (χ0v) is 10.1. The number of fused-ring (bicyclic) bond motifs is 1. The van der Waals surface area contributed by atoms with E-state index in [0.717, 1.165) is 5.52 Å². The molecule has 0 fully saturated rings. The Hall–Kier alpha value is -2.17. The van der Waals surface area contributed by atoms with Crippen molar-refractivity contribution in [2.75, 3.05) is 6.61 Å². The molecule has 1 N–H and O–H groups in total. The standard InChI is InChI=1S/C13H14N2O3/c1-9(16)18-8-4-7-12-13(17)10-5-2-3-6-11(10)14-15-12/h2-3,5-6H,4,7-8H2,1H3,(H,14,17). The SMILES string of the molecule is CC(=O)OCCCc1n[nH]c2ccccc2c1=O. The molecule has 0 saturated heterocycles. The van der Waals surface area contributed by atoms with Gasteiger partial charge >= 0.3 is 5.97 Å². The van der Waals surface area contributed by atoms with Gasteiger partial charge in [-0.3, -0.25) is 14.7 Å². The summed E-state index contributed by atoms with van der Waals surface area (Å²) >= 11 is 0. The molecule has 94 valence electrons. The molecule has 0 unspecified atom stereocenters. The van der Waals surface area contributed by atoms with Gasteiger partial charge in [-0.1, -0.05) is 12.1 Å². The maximum absolute atomic E-state index is 12.1. The van der Waals surface area contributed by atoms with Crippen molar-refractivity contribution in [2.45, 2.75) is 19.8 Å². The number of ether oxygens (including phenoxy) is 1. The minimum absolute atomic E-state index is 0.0628. The van der Waals surface area contributed by atoms with Gasteiger partial charge < -0.3 is 4.74 Å². The molecule has 0 aliphatic carbocycles. The van der Waals surface area contributed by atoms with E-state index in [9.17, 15) is 9.59 Å². The highest BCUT2D eigenvalue weighted by Gasteiger charge is 2.06. The van der Waals surface area contributed by atoms with E-state index in [4.69, 9.17) is 4.74 Å². The number of hydrogen-bond donors (Lipinski definition) is 1. The van der Waals surface area contributed by atoms with E-state index in [2.05, 4.69) is 10.2 Å². The summed E-state index contributed by atoms with van der Waals surface area (Å²) in [6, 6.07) is 7.25. The molecule has 18 heavy (non-hydrogen) atoms. The summed E-state index contributed by atoms with van der Waals surface area (Å²) in [4.78, 5) is 22.7. The third-order valence-electron chi connectivity index (χ3n) is 2.61.